The zero-order valence-electron chi connectivity index (χ0n) is 18.5. The molecule has 0 unspecified atom stereocenters. The van der Waals surface area contributed by atoms with Crippen molar-refractivity contribution >= 4 is 17.1 Å². The molecule has 0 aliphatic rings. The average molecular weight is 392 g/mol. The van der Waals surface area contributed by atoms with E-state index in [0.29, 0.717) is 0 Å². The molecule has 0 fully saturated rings. The van der Waals surface area contributed by atoms with Gasteiger partial charge in [0.25, 0.3) is 0 Å². The average Bonchev–Trinajstić information content (AvgIpc) is 2.72. The van der Waals surface area contributed by atoms with Crippen molar-refractivity contribution in [3.05, 3.63) is 113 Å². The molecule has 1 nitrogen and oxygen atoms in total. The van der Waals surface area contributed by atoms with Crippen molar-refractivity contribution in [2.24, 2.45) is 0 Å². The molecule has 1 heteroatoms. The maximum absolute atomic E-state index is 2.38. The van der Waals surface area contributed by atoms with Crippen LogP contribution in [0.5, 0.6) is 0 Å². The zero-order chi connectivity index (χ0) is 21.3. The van der Waals surface area contributed by atoms with Crippen LogP contribution in [0.1, 0.15) is 27.8 Å². The van der Waals surface area contributed by atoms with E-state index in [2.05, 4.69) is 124 Å². The molecule has 4 rings (SSSR count). The molecule has 30 heavy (non-hydrogen) atoms. The third-order valence-corrected chi connectivity index (χ3v) is 5.66. The van der Waals surface area contributed by atoms with E-state index in [1.54, 1.807) is 0 Å². The van der Waals surface area contributed by atoms with Crippen LogP contribution < -0.4 is 4.90 Å². The maximum atomic E-state index is 2.38. The van der Waals surface area contributed by atoms with Crippen molar-refractivity contribution < 1.29 is 0 Å². The molecule has 4 aromatic carbocycles. The van der Waals surface area contributed by atoms with Gasteiger partial charge in [-0.3, -0.25) is 0 Å². The molecule has 0 amide bonds. The van der Waals surface area contributed by atoms with Crippen LogP contribution in [0.25, 0.3) is 11.1 Å². The van der Waals surface area contributed by atoms with Crippen LogP contribution in [0, 0.1) is 34.6 Å². The van der Waals surface area contributed by atoms with Gasteiger partial charge in [-0.05, 0) is 81.1 Å². The molecule has 0 aliphatic heterocycles. The van der Waals surface area contributed by atoms with Crippen LogP contribution in [0.3, 0.4) is 0 Å². The van der Waals surface area contributed by atoms with Gasteiger partial charge in [-0.1, -0.05) is 77.4 Å². The molecule has 0 N–H and O–H groups in total. The van der Waals surface area contributed by atoms with Crippen molar-refractivity contribution in [2.45, 2.75) is 34.6 Å². The van der Waals surface area contributed by atoms with Gasteiger partial charge in [-0.25, -0.2) is 0 Å². The van der Waals surface area contributed by atoms with Gasteiger partial charge in [0.1, 0.15) is 0 Å². The highest BCUT2D eigenvalue weighted by atomic mass is 15.1. The number of rotatable bonds is 4. The minimum atomic E-state index is 1.17. The number of benzene rings is 4. The molecule has 0 heterocycles. The van der Waals surface area contributed by atoms with Crippen molar-refractivity contribution in [1.29, 1.82) is 0 Å². The lowest BCUT2D eigenvalue weighted by molar-refractivity contribution is 1.20. The molecular weight excluding hydrogens is 362 g/mol. The van der Waals surface area contributed by atoms with E-state index in [-0.39, 0.29) is 0 Å². The molecule has 0 bridgehead atoms. The van der Waals surface area contributed by atoms with Crippen LogP contribution in [0.2, 0.25) is 0 Å². The second-order valence-electron chi connectivity index (χ2n) is 8.33. The summed E-state index contributed by atoms with van der Waals surface area (Å²) in [7, 11) is 0. The number of nitrogens with zero attached hydrogens (tertiary/aromatic N) is 1. The first-order valence-corrected chi connectivity index (χ1v) is 10.5. The van der Waals surface area contributed by atoms with Crippen molar-refractivity contribution in [1.82, 2.24) is 0 Å². The Morgan fingerprint density at radius 3 is 1.27 bits per heavy atom. The SMILES string of the molecule is Cc1ccc(-c2ccc(N(c3ccc(C)cc3)c3c(C)cc(C)cc3C)cc2)cc1. The minimum Gasteiger partial charge on any atom is -0.310 e. The highest BCUT2D eigenvalue weighted by Gasteiger charge is 2.17. The first-order chi connectivity index (χ1) is 14.4. The van der Waals surface area contributed by atoms with E-state index >= 15 is 0 Å². The summed E-state index contributed by atoms with van der Waals surface area (Å²) in [5.74, 6) is 0. The second kappa shape index (κ2) is 8.20. The van der Waals surface area contributed by atoms with Crippen LogP contribution >= 0.6 is 0 Å². The topological polar surface area (TPSA) is 3.24 Å². The Morgan fingerprint density at radius 1 is 0.433 bits per heavy atom. The fourth-order valence-corrected chi connectivity index (χ4v) is 4.18. The lowest BCUT2D eigenvalue weighted by atomic mass is 10.0. The highest BCUT2D eigenvalue weighted by molar-refractivity contribution is 5.81. The molecule has 0 aromatic heterocycles. The predicted octanol–water partition coefficient (Wildman–Crippen LogP) is 8.37. The Morgan fingerprint density at radius 2 is 0.800 bits per heavy atom. The third-order valence-electron chi connectivity index (χ3n) is 5.66. The van der Waals surface area contributed by atoms with Crippen LogP contribution in [-0.4, -0.2) is 0 Å². The van der Waals surface area contributed by atoms with Crippen LogP contribution in [-0.2, 0) is 0 Å². The van der Waals surface area contributed by atoms with Crippen molar-refractivity contribution in [2.75, 3.05) is 4.90 Å². The van der Waals surface area contributed by atoms with E-state index in [9.17, 15) is 0 Å². The van der Waals surface area contributed by atoms with Crippen LogP contribution in [0.4, 0.5) is 17.1 Å². The smallest absolute Gasteiger partial charge is 0.0520 e. The lowest BCUT2D eigenvalue weighted by Crippen LogP contribution is -2.13. The largest absolute Gasteiger partial charge is 0.310 e. The molecule has 0 atom stereocenters. The minimum absolute atomic E-state index is 1.17. The predicted molar refractivity (Wildman–Crippen MR) is 130 cm³/mol. The van der Waals surface area contributed by atoms with Gasteiger partial charge in [-0.2, -0.15) is 0 Å². The van der Waals surface area contributed by atoms with E-state index in [4.69, 9.17) is 0 Å². The molecule has 150 valence electrons. The normalized spacial score (nSPS) is 10.8. The second-order valence-corrected chi connectivity index (χ2v) is 8.33. The van der Waals surface area contributed by atoms with E-state index in [0.717, 1.165) is 0 Å². The third kappa shape index (κ3) is 4.02. The van der Waals surface area contributed by atoms with Gasteiger partial charge in [0.05, 0.1) is 5.69 Å². The Kier molecular flexibility index (Phi) is 5.46. The fourth-order valence-electron chi connectivity index (χ4n) is 4.18. The summed E-state index contributed by atoms with van der Waals surface area (Å²) in [4.78, 5) is 2.38. The maximum Gasteiger partial charge on any atom is 0.0520 e. The van der Waals surface area contributed by atoms with Crippen molar-refractivity contribution in [3.63, 3.8) is 0 Å². The van der Waals surface area contributed by atoms with E-state index < -0.39 is 0 Å². The zero-order valence-corrected chi connectivity index (χ0v) is 18.5. The van der Waals surface area contributed by atoms with Gasteiger partial charge in [0.15, 0.2) is 0 Å². The molecule has 0 spiro atoms. The van der Waals surface area contributed by atoms with Gasteiger partial charge in [0, 0.05) is 11.4 Å². The number of hydrogen-bond donors (Lipinski definition) is 0. The summed E-state index contributed by atoms with van der Waals surface area (Å²) in [5.41, 5.74) is 12.5. The van der Waals surface area contributed by atoms with Gasteiger partial charge in [-0.15, -0.1) is 0 Å². The molecule has 4 aromatic rings. The first-order valence-electron chi connectivity index (χ1n) is 10.5. The highest BCUT2D eigenvalue weighted by Crippen LogP contribution is 2.39. The Bertz CT molecular complexity index is 1130. The Labute approximate surface area is 180 Å². The van der Waals surface area contributed by atoms with E-state index in [1.165, 1.54) is 56.0 Å². The summed E-state index contributed by atoms with van der Waals surface area (Å²) in [6.07, 6.45) is 0. The Balaban J connectivity index is 1.82. The monoisotopic (exact) mass is 391 g/mol. The first kappa shape index (κ1) is 20.0. The Hall–Kier alpha value is -3.32. The molecule has 0 saturated heterocycles. The summed E-state index contributed by atoms with van der Waals surface area (Å²) < 4.78 is 0. The summed E-state index contributed by atoms with van der Waals surface area (Å²) in [6.45, 7) is 10.8. The van der Waals surface area contributed by atoms with Crippen LogP contribution in [0.15, 0.2) is 84.9 Å². The van der Waals surface area contributed by atoms with E-state index in [1.807, 2.05) is 0 Å². The molecule has 0 saturated carbocycles. The number of hydrogen-bond acceptors (Lipinski definition) is 1. The number of aryl methyl sites for hydroxylation is 5. The van der Waals surface area contributed by atoms with Gasteiger partial charge in [0.2, 0.25) is 0 Å². The molecule has 0 aliphatic carbocycles. The van der Waals surface area contributed by atoms with Gasteiger partial charge < -0.3 is 4.90 Å². The molecular formula is C29H29N. The molecule has 0 radical (unpaired) electrons. The quantitative estimate of drug-likeness (QED) is 0.338. The summed E-state index contributed by atoms with van der Waals surface area (Å²) in [6, 6.07) is 30.9. The standard InChI is InChI=1S/C29H29N/c1-20-6-10-25(11-7-20)26-12-16-28(17-13-26)30(27-14-8-21(2)9-15-27)29-23(4)18-22(3)19-24(29)5/h6-19H,1-5H3. The van der Waals surface area contributed by atoms with Gasteiger partial charge >= 0.3 is 0 Å². The fraction of sp³-hybridized carbons (Fsp3) is 0.172. The summed E-state index contributed by atoms with van der Waals surface area (Å²) >= 11 is 0. The van der Waals surface area contributed by atoms with Crippen molar-refractivity contribution in [3.8, 4) is 11.1 Å². The number of anilines is 3. The summed E-state index contributed by atoms with van der Waals surface area (Å²) in [5, 5.41) is 0. The lowest BCUT2D eigenvalue weighted by Gasteiger charge is -2.29.